The Bertz CT molecular complexity index is 781. The normalized spacial score (nSPS) is 11.7. The van der Waals surface area contributed by atoms with Crippen molar-refractivity contribution in [2.75, 3.05) is 12.4 Å². The number of hydrogen-bond donors (Lipinski definition) is 1. The lowest BCUT2D eigenvalue weighted by Gasteiger charge is -2.14. The lowest BCUT2D eigenvalue weighted by Crippen LogP contribution is -2.30. The van der Waals surface area contributed by atoms with Crippen LogP contribution in [-0.2, 0) is 20.9 Å². The Kier molecular flexibility index (Phi) is 6.50. The summed E-state index contributed by atoms with van der Waals surface area (Å²) in [6, 6.07) is 10.5. The molecule has 0 aliphatic heterocycles. The predicted octanol–water partition coefficient (Wildman–Crippen LogP) is 3.81. The molecule has 1 atom stereocenters. The van der Waals surface area contributed by atoms with Gasteiger partial charge in [-0.1, -0.05) is 23.7 Å². The first kappa shape index (κ1) is 18.9. The van der Waals surface area contributed by atoms with Gasteiger partial charge in [0.2, 0.25) is 0 Å². The van der Waals surface area contributed by atoms with Crippen molar-refractivity contribution in [1.82, 2.24) is 0 Å². The zero-order valence-corrected chi connectivity index (χ0v) is 14.5. The first-order chi connectivity index (χ1) is 11.9. The second-order valence-corrected chi connectivity index (χ2v) is 5.71. The van der Waals surface area contributed by atoms with E-state index in [4.69, 9.17) is 21.1 Å². The number of nitrogens with one attached hydrogen (secondary N) is 1. The molecule has 0 heterocycles. The van der Waals surface area contributed by atoms with Gasteiger partial charge in [-0.05, 0) is 42.8 Å². The van der Waals surface area contributed by atoms with Gasteiger partial charge in [0.1, 0.15) is 5.82 Å². The number of benzene rings is 2. The average Bonchev–Trinajstić information content (AvgIpc) is 2.58. The van der Waals surface area contributed by atoms with E-state index in [-0.39, 0.29) is 5.02 Å². The molecule has 1 N–H and O–H groups in total. The lowest BCUT2D eigenvalue weighted by molar-refractivity contribution is -0.123. The van der Waals surface area contributed by atoms with E-state index in [2.05, 4.69) is 5.32 Å². The third kappa shape index (κ3) is 5.27. The molecule has 0 aromatic heterocycles. The van der Waals surface area contributed by atoms with E-state index in [1.165, 1.54) is 19.1 Å². The van der Waals surface area contributed by atoms with Crippen LogP contribution in [0.2, 0.25) is 5.02 Å². The molecular weight excluding hydrogens is 349 g/mol. The third-order valence-corrected chi connectivity index (χ3v) is 3.60. The van der Waals surface area contributed by atoms with E-state index < -0.39 is 23.8 Å². The third-order valence-electron chi connectivity index (χ3n) is 3.31. The number of methoxy groups -OCH3 is 1. The van der Waals surface area contributed by atoms with Crippen molar-refractivity contribution >= 4 is 29.2 Å². The van der Waals surface area contributed by atoms with Crippen LogP contribution in [0.25, 0.3) is 0 Å². The molecule has 2 aromatic rings. The van der Waals surface area contributed by atoms with Crippen LogP contribution in [0, 0.1) is 5.82 Å². The van der Waals surface area contributed by atoms with Gasteiger partial charge >= 0.3 is 5.97 Å². The highest BCUT2D eigenvalue weighted by Crippen LogP contribution is 2.19. The number of ether oxygens (including phenoxy) is 2. The Labute approximate surface area is 149 Å². The van der Waals surface area contributed by atoms with Crippen LogP contribution in [0.5, 0.6) is 0 Å². The molecule has 2 aromatic carbocycles. The molecule has 0 aliphatic carbocycles. The zero-order chi connectivity index (χ0) is 18.4. The molecule has 0 saturated heterocycles. The van der Waals surface area contributed by atoms with Gasteiger partial charge in [-0.15, -0.1) is 0 Å². The quantitative estimate of drug-likeness (QED) is 0.790. The van der Waals surface area contributed by atoms with Crippen LogP contribution in [0.3, 0.4) is 0 Å². The Morgan fingerprint density at radius 3 is 2.68 bits per heavy atom. The van der Waals surface area contributed by atoms with E-state index >= 15 is 0 Å². The summed E-state index contributed by atoms with van der Waals surface area (Å²) >= 11 is 5.66. The number of amides is 1. The smallest absolute Gasteiger partial charge is 0.338 e. The summed E-state index contributed by atoms with van der Waals surface area (Å²) in [5, 5.41) is 2.40. The molecule has 132 valence electrons. The maximum absolute atomic E-state index is 13.1. The number of anilines is 1. The predicted molar refractivity (Wildman–Crippen MR) is 92.1 cm³/mol. The summed E-state index contributed by atoms with van der Waals surface area (Å²) in [7, 11) is 1.55. The zero-order valence-electron chi connectivity index (χ0n) is 13.7. The SMILES string of the molecule is COCc1cccc(C(=O)O[C@@H](C)C(=O)Nc2ccc(F)c(Cl)c2)c1. The molecule has 2 rings (SSSR count). The Morgan fingerprint density at radius 1 is 1.24 bits per heavy atom. The van der Waals surface area contributed by atoms with Gasteiger partial charge in [0, 0.05) is 12.8 Å². The lowest BCUT2D eigenvalue weighted by atomic mass is 10.1. The number of hydrogen-bond acceptors (Lipinski definition) is 4. The minimum absolute atomic E-state index is 0.114. The van der Waals surface area contributed by atoms with E-state index in [0.29, 0.717) is 17.9 Å². The van der Waals surface area contributed by atoms with Gasteiger partial charge in [-0.25, -0.2) is 9.18 Å². The van der Waals surface area contributed by atoms with E-state index in [1.807, 2.05) is 6.07 Å². The molecule has 0 fully saturated rings. The van der Waals surface area contributed by atoms with Crippen molar-refractivity contribution in [3.8, 4) is 0 Å². The molecule has 1 amide bonds. The fourth-order valence-electron chi connectivity index (χ4n) is 2.05. The highest BCUT2D eigenvalue weighted by atomic mass is 35.5. The fourth-order valence-corrected chi connectivity index (χ4v) is 2.24. The minimum Gasteiger partial charge on any atom is -0.449 e. The number of carbonyl (C=O) groups excluding carboxylic acids is 2. The van der Waals surface area contributed by atoms with Crippen LogP contribution in [0.4, 0.5) is 10.1 Å². The molecule has 7 heteroatoms. The van der Waals surface area contributed by atoms with Gasteiger partial charge in [0.25, 0.3) is 5.91 Å². The first-order valence-corrected chi connectivity index (χ1v) is 7.83. The molecule has 0 bridgehead atoms. The van der Waals surface area contributed by atoms with E-state index in [0.717, 1.165) is 11.6 Å². The van der Waals surface area contributed by atoms with Gasteiger partial charge < -0.3 is 14.8 Å². The van der Waals surface area contributed by atoms with Gasteiger partial charge in [0.05, 0.1) is 17.2 Å². The minimum atomic E-state index is -1.04. The summed E-state index contributed by atoms with van der Waals surface area (Å²) in [6.07, 6.45) is -1.04. The molecule has 0 unspecified atom stereocenters. The molecule has 0 saturated carbocycles. The van der Waals surface area contributed by atoms with Crippen LogP contribution >= 0.6 is 11.6 Å². The second kappa shape index (κ2) is 8.60. The van der Waals surface area contributed by atoms with Crippen LogP contribution in [-0.4, -0.2) is 25.1 Å². The number of rotatable bonds is 6. The van der Waals surface area contributed by atoms with Gasteiger partial charge in [-0.2, -0.15) is 0 Å². The molecule has 0 radical (unpaired) electrons. The monoisotopic (exact) mass is 365 g/mol. The van der Waals surface area contributed by atoms with Crippen molar-refractivity contribution in [2.24, 2.45) is 0 Å². The first-order valence-electron chi connectivity index (χ1n) is 7.45. The van der Waals surface area contributed by atoms with Crippen molar-refractivity contribution in [3.63, 3.8) is 0 Å². The number of esters is 1. The van der Waals surface area contributed by atoms with Gasteiger partial charge in [-0.3, -0.25) is 4.79 Å². The Hall–Kier alpha value is -2.44. The second-order valence-electron chi connectivity index (χ2n) is 5.30. The Morgan fingerprint density at radius 2 is 2.00 bits per heavy atom. The number of halogens is 2. The largest absolute Gasteiger partial charge is 0.449 e. The highest BCUT2D eigenvalue weighted by molar-refractivity contribution is 6.31. The van der Waals surface area contributed by atoms with Crippen LogP contribution < -0.4 is 5.32 Å². The van der Waals surface area contributed by atoms with Crippen molar-refractivity contribution in [1.29, 1.82) is 0 Å². The van der Waals surface area contributed by atoms with Crippen LogP contribution in [0.1, 0.15) is 22.8 Å². The maximum Gasteiger partial charge on any atom is 0.338 e. The van der Waals surface area contributed by atoms with E-state index in [9.17, 15) is 14.0 Å². The summed E-state index contributed by atoms with van der Waals surface area (Å²) < 4.78 is 23.3. The standard InChI is InChI=1S/C18H17ClFNO4/c1-11(17(22)21-14-6-7-16(20)15(19)9-14)25-18(23)13-5-3-4-12(8-13)10-24-2/h3-9,11H,10H2,1-2H3,(H,21,22)/t11-/m0/s1. The van der Waals surface area contributed by atoms with Crippen LogP contribution in [0.15, 0.2) is 42.5 Å². The average molecular weight is 366 g/mol. The molecule has 0 spiro atoms. The van der Waals surface area contributed by atoms with Crippen molar-refractivity contribution in [2.45, 2.75) is 19.6 Å². The summed E-state index contributed by atoms with van der Waals surface area (Å²) in [4.78, 5) is 24.3. The Balaban J connectivity index is 1.99. The fraction of sp³-hybridized carbons (Fsp3) is 0.222. The van der Waals surface area contributed by atoms with Crippen molar-refractivity contribution in [3.05, 3.63) is 64.4 Å². The maximum atomic E-state index is 13.1. The van der Waals surface area contributed by atoms with Gasteiger partial charge in [0.15, 0.2) is 6.10 Å². The topological polar surface area (TPSA) is 64.6 Å². The van der Waals surface area contributed by atoms with E-state index in [1.54, 1.807) is 25.3 Å². The highest BCUT2D eigenvalue weighted by Gasteiger charge is 2.19. The molecule has 25 heavy (non-hydrogen) atoms. The molecule has 0 aliphatic rings. The summed E-state index contributed by atoms with van der Waals surface area (Å²) in [5.41, 5.74) is 1.44. The number of carbonyl (C=O) groups is 2. The molecular formula is C18H17ClFNO4. The summed E-state index contributed by atoms with van der Waals surface area (Å²) in [6.45, 7) is 1.81. The summed E-state index contributed by atoms with van der Waals surface area (Å²) in [5.74, 6) is -1.77. The van der Waals surface area contributed by atoms with Crippen molar-refractivity contribution < 1.29 is 23.5 Å². The molecule has 5 nitrogen and oxygen atoms in total.